The molecule has 0 atom stereocenters. The summed E-state index contributed by atoms with van der Waals surface area (Å²) in [5.41, 5.74) is 4.18. The van der Waals surface area contributed by atoms with Crippen molar-refractivity contribution in [3.8, 4) is 5.75 Å². The first-order valence-electron chi connectivity index (χ1n) is 10.9. The van der Waals surface area contributed by atoms with Crippen LogP contribution in [0.2, 0.25) is 0 Å². The lowest BCUT2D eigenvalue weighted by atomic mass is 10.0. The van der Waals surface area contributed by atoms with Crippen molar-refractivity contribution in [2.75, 3.05) is 6.61 Å². The fraction of sp³-hybridized carbons (Fsp3) is 0.423. The Labute approximate surface area is 179 Å². The van der Waals surface area contributed by atoms with Crippen LogP contribution in [0, 0.1) is 6.92 Å². The Morgan fingerprint density at radius 2 is 1.77 bits per heavy atom. The SMILES string of the molecule is CCCn1c(C)c(CCc2ccccc2)c2cc(OC(C)(C)C(=O)OCC)ccc21. The van der Waals surface area contributed by atoms with E-state index < -0.39 is 5.60 Å². The van der Waals surface area contributed by atoms with E-state index in [4.69, 9.17) is 9.47 Å². The molecule has 0 N–H and O–H groups in total. The number of carbonyl (C=O) groups is 1. The maximum Gasteiger partial charge on any atom is 0.349 e. The van der Waals surface area contributed by atoms with E-state index in [2.05, 4.69) is 60.9 Å². The first-order chi connectivity index (χ1) is 14.4. The van der Waals surface area contributed by atoms with Crippen LogP contribution >= 0.6 is 0 Å². The quantitative estimate of drug-likeness (QED) is 0.417. The number of fused-ring (bicyclic) bond motifs is 1. The van der Waals surface area contributed by atoms with Gasteiger partial charge in [0.25, 0.3) is 0 Å². The summed E-state index contributed by atoms with van der Waals surface area (Å²) in [5, 5.41) is 1.20. The van der Waals surface area contributed by atoms with E-state index in [0.717, 1.165) is 25.8 Å². The molecule has 1 aromatic heterocycles. The molecule has 0 aliphatic heterocycles. The van der Waals surface area contributed by atoms with Crippen molar-refractivity contribution >= 4 is 16.9 Å². The summed E-state index contributed by atoms with van der Waals surface area (Å²) in [6.07, 6.45) is 3.04. The van der Waals surface area contributed by atoms with Gasteiger partial charge >= 0.3 is 5.97 Å². The topological polar surface area (TPSA) is 40.5 Å². The Kier molecular flexibility index (Phi) is 6.86. The average molecular weight is 408 g/mol. The van der Waals surface area contributed by atoms with Crippen molar-refractivity contribution in [3.63, 3.8) is 0 Å². The Hall–Kier alpha value is -2.75. The summed E-state index contributed by atoms with van der Waals surface area (Å²) in [5.74, 6) is 0.337. The normalized spacial score (nSPS) is 11.6. The van der Waals surface area contributed by atoms with E-state index in [1.54, 1.807) is 20.8 Å². The van der Waals surface area contributed by atoms with Crippen LogP contribution in [-0.4, -0.2) is 22.7 Å². The van der Waals surface area contributed by atoms with E-state index in [9.17, 15) is 4.79 Å². The molecular formula is C26H33NO3. The molecule has 0 saturated carbocycles. The Morgan fingerprint density at radius 1 is 1.03 bits per heavy atom. The number of aryl methyl sites for hydroxylation is 3. The molecule has 4 heteroatoms. The second-order valence-electron chi connectivity index (χ2n) is 8.21. The fourth-order valence-electron chi connectivity index (χ4n) is 3.98. The molecule has 0 amide bonds. The van der Waals surface area contributed by atoms with Crippen LogP contribution in [0.15, 0.2) is 48.5 Å². The second-order valence-corrected chi connectivity index (χ2v) is 8.21. The molecule has 1 heterocycles. The molecule has 0 aliphatic carbocycles. The zero-order valence-corrected chi connectivity index (χ0v) is 18.8. The maximum absolute atomic E-state index is 12.3. The molecular weight excluding hydrogens is 374 g/mol. The zero-order valence-electron chi connectivity index (χ0n) is 18.8. The molecule has 0 bridgehead atoms. The van der Waals surface area contributed by atoms with Gasteiger partial charge in [0.2, 0.25) is 0 Å². The van der Waals surface area contributed by atoms with E-state index in [0.29, 0.717) is 12.4 Å². The van der Waals surface area contributed by atoms with Crippen LogP contribution in [0.4, 0.5) is 0 Å². The minimum Gasteiger partial charge on any atom is -0.476 e. The van der Waals surface area contributed by atoms with Crippen molar-refractivity contribution in [3.05, 3.63) is 65.4 Å². The molecule has 3 rings (SSSR count). The number of esters is 1. The first kappa shape index (κ1) is 21.9. The third kappa shape index (κ3) is 4.69. The van der Waals surface area contributed by atoms with Gasteiger partial charge in [0.1, 0.15) is 5.75 Å². The second kappa shape index (κ2) is 9.38. The summed E-state index contributed by atoms with van der Waals surface area (Å²) in [6, 6.07) is 16.7. The summed E-state index contributed by atoms with van der Waals surface area (Å²) in [7, 11) is 0. The monoisotopic (exact) mass is 407 g/mol. The first-order valence-corrected chi connectivity index (χ1v) is 10.9. The number of rotatable bonds is 9. The average Bonchev–Trinajstić information content (AvgIpc) is 2.98. The van der Waals surface area contributed by atoms with Gasteiger partial charge in [0.15, 0.2) is 5.60 Å². The molecule has 4 nitrogen and oxygen atoms in total. The predicted molar refractivity (Wildman–Crippen MR) is 122 cm³/mol. The highest BCUT2D eigenvalue weighted by Gasteiger charge is 2.31. The molecule has 0 aliphatic rings. The van der Waals surface area contributed by atoms with Gasteiger partial charge in [-0.3, -0.25) is 0 Å². The molecule has 3 aromatic rings. The predicted octanol–water partition coefficient (Wildman–Crippen LogP) is 5.87. The van der Waals surface area contributed by atoms with Gasteiger partial charge in [-0.05, 0) is 76.3 Å². The lowest BCUT2D eigenvalue weighted by Gasteiger charge is -2.24. The van der Waals surface area contributed by atoms with Crippen molar-refractivity contribution in [2.24, 2.45) is 0 Å². The number of nitrogens with zero attached hydrogens (tertiary/aromatic N) is 1. The van der Waals surface area contributed by atoms with Gasteiger partial charge in [-0.15, -0.1) is 0 Å². The molecule has 160 valence electrons. The summed E-state index contributed by atoms with van der Waals surface area (Å²) >= 11 is 0. The van der Waals surface area contributed by atoms with Crippen LogP contribution in [-0.2, 0) is 28.9 Å². The zero-order chi connectivity index (χ0) is 21.7. The van der Waals surface area contributed by atoms with Crippen molar-refractivity contribution < 1.29 is 14.3 Å². The Morgan fingerprint density at radius 3 is 2.43 bits per heavy atom. The maximum atomic E-state index is 12.3. The largest absolute Gasteiger partial charge is 0.476 e. The highest BCUT2D eigenvalue weighted by Crippen LogP contribution is 2.32. The number of carbonyl (C=O) groups excluding carboxylic acids is 1. The third-order valence-electron chi connectivity index (χ3n) is 5.52. The van der Waals surface area contributed by atoms with Gasteiger partial charge < -0.3 is 14.0 Å². The lowest BCUT2D eigenvalue weighted by Crippen LogP contribution is -2.39. The smallest absolute Gasteiger partial charge is 0.349 e. The van der Waals surface area contributed by atoms with E-state index in [1.807, 2.05) is 6.07 Å². The Balaban J connectivity index is 1.96. The highest BCUT2D eigenvalue weighted by atomic mass is 16.6. The summed E-state index contributed by atoms with van der Waals surface area (Å²) in [6.45, 7) is 11.0. The number of ether oxygens (including phenoxy) is 2. The number of hydrogen-bond donors (Lipinski definition) is 0. The van der Waals surface area contributed by atoms with Gasteiger partial charge in [0, 0.05) is 23.1 Å². The van der Waals surface area contributed by atoms with Crippen LogP contribution in [0.1, 0.15) is 50.9 Å². The van der Waals surface area contributed by atoms with Crippen LogP contribution in [0.5, 0.6) is 5.75 Å². The van der Waals surface area contributed by atoms with Crippen LogP contribution in [0.3, 0.4) is 0 Å². The van der Waals surface area contributed by atoms with Crippen LogP contribution in [0.25, 0.3) is 10.9 Å². The molecule has 2 aromatic carbocycles. The highest BCUT2D eigenvalue weighted by molar-refractivity contribution is 5.87. The minimum absolute atomic E-state index is 0.341. The summed E-state index contributed by atoms with van der Waals surface area (Å²) < 4.78 is 13.6. The number of aromatic nitrogens is 1. The minimum atomic E-state index is -1.03. The third-order valence-corrected chi connectivity index (χ3v) is 5.52. The lowest BCUT2D eigenvalue weighted by molar-refractivity contribution is -0.158. The number of benzene rings is 2. The van der Waals surface area contributed by atoms with E-state index in [1.165, 1.54) is 27.7 Å². The van der Waals surface area contributed by atoms with Gasteiger partial charge in [0.05, 0.1) is 6.61 Å². The molecule has 0 fully saturated rings. The fourth-order valence-corrected chi connectivity index (χ4v) is 3.98. The molecule has 30 heavy (non-hydrogen) atoms. The van der Waals surface area contributed by atoms with Crippen molar-refractivity contribution in [1.82, 2.24) is 4.57 Å². The summed E-state index contributed by atoms with van der Waals surface area (Å²) in [4.78, 5) is 12.3. The Bertz CT molecular complexity index is 1000. The number of hydrogen-bond acceptors (Lipinski definition) is 3. The molecule has 0 spiro atoms. The van der Waals surface area contributed by atoms with Crippen molar-refractivity contribution in [1.29, 1.82) is 0 Å². The van der Waals surface area contributed by atoms with E-state index >= 15 is 0 Å². The molecule has 0 unspecified atom stereocenters. The van der Waals surface area contributed by atoms with Gasteiger partial charge in [-0.1, -0.05) is 37.3 Å². The van der Waals surface area contributed by atoms with Crippen molar-refractivity contribution in [2.45, 2.75) is 66.0 Å². The van der Waals surface area contributed by atoms with Gasteiger partial charge in [-0.2, -0.15) is 0 Å². The standard InChI is InChI=1S/C26H33NO3/c1-6-17-27-19(3)22(15-13-20-11-9-8-10-12-20)23-18-21(14-16-24(23)27)30-26(4,5)25(28)29-7-2/h8-12,14,16,18H,6-7,13,15,17H2,1-5H3. The van der Waals surface area contributed by atoms with E-state index in [-0.39, 0.29) is 5.97 Å². The van der Waals surface area contributed by atoms with Gasteiger partial charge in [-0.25, -0.2) is 4.79 Å². The molecule has 0 radical (unpaired) electrons. The molecule has 0 saturated heterocycles. The van der Waals surface area contributed by atoms with Crippen LogP contribution < -0.4 is 4.74 Å².